The van der Waals surface area contributed by atoms with Crippen LogP contribution in [0.3, 0.4) is 0 Å². The molecule has 1 aliphatic heterocycles. The molecule has 0 bridgehead atoms. The number of rotatable bonds is 4. The van der Waals surface area contributed by atoms with Crippen molar-refractivity contribution in [2.45, 2.75) is 50.5 Å². The second kappa shape index (κ2) is 4.80. The molecule has 4 heteroatoms. The van der Waals surface area contributed by atoms with Crippen molar-refractivity contribution in [1.82, 2.24) is 9.78 Å². The third kappa shape index (κ3) is 2.43. The highest BCUT2D eigenvalue weighted by molar-refractivity contribution is 8.00. The molecule has 16 heavy (non-hydrogen) atoms. The van der Waals surface area contributed by atoms with Gasteiger partial charge in [-0.3, -0.25) is 4.68 Å². The Bertz CT molecular complexity index is 345. The average molecular weight is 240 g/mol. The van der Waals surface area contributed by atoms with Crippen molar-refractivity contribution in [1.29, 1.82) is 0 Å². The highest BCUT2D eigenvalue weighted by Crippen LogP contribution is 2.41. The molecule has 0 aliphatic carbocycles. The summed E-state index contributed by atoms with van der Waals surface area (Å²) in [7, 11) is 0. The summed E-state index contributed by atoms with van der Waals surface area (Å²) in [6, 6.07) is 0. The van der Waals surface area contributed by atoms with Gasteiger partial charge in [0.1, 0.15) is 0 Å². The molecule has 2 unspecified atom stereocenters. The van der Waals surface area contributed by atoms with E-state index in [1.54, 1.807) is 0 Å². The van der Waals surface area contributed by atoms with Crippen molar-refractivity contribution < 1.29 is 5.11 Å². The molecule has 1 N–H and O–H groups in total. The normalized spacial score (nSPS) is 27.2. The van der Waals surface area contributed by atoms with Gasteiger partial charge in [-0.05, 0) is 38.0 Å². The molecule has 1 fully saturated rings. The Kier molecular flexibility index (Phi) is 3.60. The van der Waals surface area contributed by atoms with E-state index in [0.29, 0.717) is 0 Å². The third-order valence-electron chi connectivity index (χ3n) is 3.39. The van der Waals surface area contributed by atoms with Gasteiger partial charge < -0.3 is 5.11 Å². The number of aryl methyl sites for hydroxylation is 1. The monoisotopic (exact) mass is 240 g/mol. The second-order valence-corrected chi connectivity index (χ2v) is 6.32. The summed E-state index contributed by atoms with van der Waals surface area (Å²) in [4.78, 5) is 0. The predicted molar refractivity (Wildman–Crippen MR) is 67.7 cm³/mol. The summed E-state index contributed by atoms with van der Waals surface area (Å²) >= 11 is 1.91. The fraction of sp³-hybridized carbons (Fsp3) is 0.750. The van der Waals surface area contributed by atoms with E-state index >= 15 is 0 Å². The molecule has 2 heterocycles. The summed E-state index contributed by atoms with van der Waals surface area (Å²) in [5, 5.41) is 14.5. The molecule has 0 radical (unpaired) electrons. The Labute approximate surface area is 101 Å². The predicted octanol–water partition coefficient (Wildman–Crippen LogP) is 2.09. The molecule has 1 aromatic heterocycles. The maximum Gasteiger partial charge on any atom is 0.0725 e. The lowest BCUT2D eigenvalue weighted by molar-refractivity contribution is 0.133. The van der Waals surface area contributed by atoms with Crippen LogP contribution in [0.2, 0.25) is 0 Å². The van der Waals surface area contributed by atoms with Crippen LogP contribution in [0.1, 0.15) is 32.3 Å². The number of thioether (sulfide) groups is 1. The van der Waals surface area contributed by atoms with Crippen LogP contribution in [0.5, 0.6) is 0 Å². The first-order chi connectivity index (χ1) is 7.64. The highest BCUT2D eigenvalue weighted by Gasteiger charge is 2.36. The molecule has 0 spiro atoms. The SMILES string of the molecule is CCn1cc(CC(O)C2(C)CCCS2)cn1. The highest BCUT2D eigenvalue weighted by atomic mass is 32.2. The van der Waals surface area contributed by atoms with Crippen LogP contribution in [-0.4, -0.2) is 31.5 Å². The lowest BCUT2D eigenvalue weighted by atomic mass is 9.94. The fourth-order valence-electron chi connectivity index (χ4n) is 2.19. The number of nitrogens with zero attached hydrogens (tertiary/aromatic N) is 2. The first kappa shape index (κ1) is 12.0. The molecular weight excluding hydrogens is 220 g/mol. The van der Waals surface area contributed by atoms with Crippen LogP contribution in [0.15, 0.2) is 12.4 Å². The topological polar surface area (TPSA) is 38.0 Å². The minimum absolute atomic E-state index is 0.0499. The van der Waals surface area contributed by atoms with E-state index in [9.17, 15) is 5.11 Å². The Morgan fingerprint density at radius 1 is 1.69 bits per heavy atom. The van der Waals surface area contributed by atoms with E-state index in [4.69, 9.17) is 0 Å². The van der Waals surface area contributed by atoms with E-state index in [-0.39, 0.29) is 10.9 Å². The Balaban J connectivity index is 1.98. The Morgan fingerprint density at radius 3 is 3.06 bits per heavy atom. The fourth-order valence-corrected chi connectivity index (χ4v) is 3.51. The van der Waals surface area contributed by atoms with Gasteiger partial charge in [0.15, 0.2) is 0 Å². The number of aromatic nitrogens is 2. The van der Waals surface area contributed by atoms with Crippen molar-refractivity contribution in [3.05, 3.63) is 18.0 Å². The molecule has 1 saturated heterocycles. The Morgan fingerprint density at radius 2 is 2.50 bits per heavy atom. The van der Waals surface area contributed by atoms with Crippen molar-refractivity contribution in [2.75, 3.05) is 5.75 Å². The van der Waals surface area contributed by atoms with Crippen molar-refractivity contribution in [3.63, 3.8) is 0 Å². The van der Waals surface area contributed by atoms with Crippen molar-refractivity contribution in [3.8, 4) is 0 Å². The molecule has 2 rings (SSSR count). The van der Waals surface area contributed by atoms with Gasteiger partial charge in [0.25, 0.3) is 0 Å². The molecule has 0 saturated carbocycles. The van der Waals surface area contributed by atoms with Gasteiger partial charge in [0.2, 0.25) is 0 Å². The molecule has 2 atom stereocenters. The molecule has 0 aromatic carbocycles. The first-order valence-electron chi connectivity index (χ1n) is 5.97. The summed E-state index contributed by atoms with van der Waals surface area (Å²) < 4.78 is 1.96. The van der Waals surface area contributed by atoms with E-state index in [1.807, 2.05) is 28.8 Å². The van der Waals surface area contributed by atoms with Gasteiger partial charge in [0, 0.05) is 23.9 Å². The van der Waals surface area contributed by atoms with E-state index in [2.05, 4.69) is 18.9 Å². The minimum atomic E-state index is -0.255. The van der Waals surface area contributed by atoms with Crippen LogP contribution in [-0.2, 0) is 13.0 Å². The van der Waals surface area contributed by atoms with Crippen molar-refractivity contribution >= 4 is 11.8 Å². The van der Waals surface area contributed by atoms with Crippen LogP contribution in [0.4, 0.5) is 0 Å². The summed E-state index contributed by atoms with van der Waals surface area (Å²) in [5.41, 5.74) is 1.14. The van der Waals surface area contributed by atoms with Gasteiger partial charge in [-0.25, -0.2) is 0 Å². The zero-order chi connectivity index (χ0) is 11.6. The van der Waals surface area contributed by atoms with Crippen LogP contribution >= 0.6 is 11.8 Å². The molecule has 3 nitrogen and oxygen atoms in total. The number of hydrogen-bond acceptors (Lipinski definition) is 3. The molecule has 0 amide bonds. The van der Waals surface area contributed by atoms with E-state index in [1.165, 1.54) is 12.2 Å². The largest absolute Gasteiger partial charge is 0.391 e. The minimum Gasteiger partial charge on any atom is -0.391 e. The maximum absolute atomic E-state index is 10.3. The van der Waals surface area contributed by atoms with Crippen LogP contribution in [0, 0.1) is 0 Å². The number of hydrogen-bond donors (Lipinski definition) is 1. The standard InChI is InChI=1S/C12H20N2OS/c1-3-14-9-10(8-13-14)7-11(15)12(2)5-4-6-16-12/h8-9,11,15H,3-7H2,1-2H3. The molecule has 1 aliphatic rings. The van der Waals surface area contributed by atoms with E-state index in [0.717, 1.165) is 24.9 Å². The quantitative estimate of drug-likeness (QED) is 0.876. The smallest absolute Gasteiger partial charge is 0.0725 e. The lowest BCUT2D eigenvalue weighted by Crippen LogP contribution is -2.35. The first-order valence-corrected chi connectivity index (χ1v) is 6.96. The van der Waals surface area contributed by atoms with Crippen LogP contribution < -0.4 is 0 Å². The second-order valence-electron chi connectivity index (χ2n) is 4.69. The molecule has 90 valence electrons. The zero-order valence-electron chi connectivity index (χ0n) is 10.0. The zero-order valence-corrected chi connectivity index (χ0v) is 10.8. The number of aliphatic hydroxyl groups excluding tert-OH is 1. The molecule has 1 aromatic rings. The van der Waals surface area contributed by atoms with Gasteiger partial charge in [-0.15, -0.1) is 0 Å². The van der Waals surface area contributed by atoms with Gasteiger partial charge in [-0.1, -0.05) is 0 Å². The van der Waals surface area contributed by atoms with E-state index < -0.39 is 0 Å². The van der Waals surface area contributed by atoms with Gasteiger partial charge in [0.05, 0.1) is 12.3 Å². The molecular formula is C12H20N2OS. The van der Waals surface area contributed by atoms with Crippen LogP contribution in [0.25, 0.3) is 0 Å². The summed E-state index contributed by atoms with van der Waals surface area (Å²) in [5.74, 6) is 1.18. The van der Waals surface area contributed by atoms with Gasteiger partial charge in [-0.2, -0.15) is 16.9 Å². The Hall–Kier alpha value is -0.480. The van der Waals surface area contributed by atoms with Crippen molar-refractivity contribution in [2.24, 2.45) is 0 Å². The maximum atomic E-state index is 10.3. The number of aliphatic hydroxyl groups is 1. The third-order valence-corrected chi connectivity index (χ3v) is 5.02. The summed E-state index contributed by atoms with van der Waals surface area (Å²) in [6.07, 6.45) is 6.73. The lowest BCUT2D eigenvalue weighted by Gasteiger charge is -2.28. The average Bonchev–Trinajstić information content (AvgIpc) is 2.88. The summed E-state index contributed by atoms with van der Waals surface area (Å²) in [6.45, 7) is 5.14. The van der Waals surface area contributed by atoms with Gasteiger partial charge >= 0.3 is 0 Å².